The van der Waals surface area contributed by atoms with Crippen molar-refractivity contribution in [1.82, 2.24) is 15.2 Å². The third-order valence-electron chi connectivity index (χ3n) is 8.53. The van der Waals surface area contributed by atoms with Gasteiger partial charge in [0, 0.05) is 38.0 Å². The summed E-state index contributed by atoms with van der Waals surface area (Å²) in [6, 6.07) is 9.98. The van der Waals surface area contributed by atoms with Gasteiger partial charge in [0.05, 0.1) is 25.2 Å². The first-order valence-electron chi connectivity index (χ1n) is 14.2. The van der Waals surface area contributed by atoms with E-state index in [1.54, 1.807) is 4.90 Å². The number of Topliss-reactive ketones (excluding diaryl/α,β-unsaturated/α-hetero) is 1. The molecule has 2 aliphatic heterocycles. The first-order valence-corrected chi connectivity index (χ1v) is 14.2. The van der Waals surface area contributed by atoms with Gasteiger partial charge in [0.25, 0.3) is 5.92 Å². The van der Waals surface area contributed by atoms with Gasteiger partial charge in [0.15, 0.2) is 5.78 Å². The standard InChI is InChI=1S/C31H37F2N3O4/c1-18(2)14-23-26(28(37)27(35-29(23)38)22-15-19-6-4-5-7-20(19)16-22)25(30(39)36-10-12-40-13-11-36)21-8-9-24(34-17-21)31(3,32)33/h4-9,17-18,22-23,25-27H,10-16H2,1-3H3,(H,35,38)/t23-,25-,26?,27+/m0/s1. The fraction of sp³-hybridized carbons (Fsp3) is 0.548. The van der Waals surface area contributed by atoms with E-state index in [1.807, 2.05) is 38.1 Å². The Labute approximate surface area is 233 Å². The summed E-state index contributed by atoms with van der Waals surface area (Å²) in [7, 11) is 0. The molecular weight excluding hydrogens is 516 g/mol. The lowest BCUT2D eigenvalue weighted by molar-refractivity contribution is -0.150. The van der Waals surface area contributed by atoms with Gasteiger partial charge in [-0.25, -0.2) is 0 Å². The average molecular weight is 554 g/mol. The molecule has 1 aromatic heterocycles. The van der Waals surface area contributed by atoms with Crippen LogP contribution in [-0.2, 0) is 37.9 Å². The highest BCUT2D eigenvalue weighted by atomic mass is 19.3. The number of ketones is 1. The van der Waals surface area contributed by atoms with Crippen LogP contribution in [-0.4, -0.2) is 59.8 Å². The molecule has 0 saturated carbocycles. The molecule has 214 valence electrons. The van der Waals surface area contributed by atoms with Gasteiger partial charge < -0.3 is 15.0 Å². The Morgan fingerprint density at radius 2 is 1.75 bits per heavy atom. The van der Waals surface area contributed by atoms with Gasteiger partial charge in [-0.1, -0.05) is 44.2 Å². The van der Waals surface area contributed by atoms with Gasteiger partial charge in [-0.2, -0.15) is 8.78 Å². The van der Waals surface area contributed by atoms with Crippen LogP contribution in [0, 0.1) is 23.7 Å². The van der Waals surface area contributed by atoms with E-state index in [1.165, 1.54) is 18.3 Å². The zero-order valence-corrected chi connectivity index (χ0v) is 23.2. The quantitative estimate of drug-likeness (QED) is 0.562. The smallest absolute Gasteiger partial charge is 0.286 e. The summed E-state index contributed by atoms with van der Waals surface area (Å²) in [5.74, 6) is -6.54. The van der Waals surface area contributed by atoms with E-state index in [4.69, 9.17) is 4.74 Å². The number of rotatable bonds is 7. The summed E-state index contributed by atoms with van der Waals surface area (Å²) in [6.45, 7) is 6.18. The van der Waals surface area contributed by atoms with Gasteiger partial charge >= 0.3 is 0 Å². The highest BCUT2D eigenvalue weighted by Crippen LogP contribution is 2.42. The fourth-order valence-corrected chi connectivity index (χ4v) is 6.57. The molecule has 5 rings (SSSR count). The van der Waals surface area contributed by atoms with Crippen molar-refractivity contribution in [2.45, 2.75) is 57.9 Å². The van der Waals surface area contributed by atoms with E-state index in [9.17, 15) is 23.2 Å². The zero-order chi connectivity index (χ0) is 28.6. The third-order valence-corrected chi connectivity index (χ3v) is 8.53. The number of alkyl halides is 2. The lowest BCUT2D eigenvalue weighted by Crippen LogP contribution is -2.61. The number of nitrogens with one attached hydrogen (secondary N) is 1. The highest BCUT2D eigenvalue weighted by molar-refractivity contribution is 6.03. The number of carbonyl (C=O) groups is 3. The maximum atomic E-state index is 14.5. The number of amides is 2. The van der Waals surface area contributed by atoms with E-state index in [2.05, 4.69) is 10.3 Å². The lowest BCUT2D eigenvalue weighted by Gasteiger charge is -2.42. The first-order chi connectivity index (χ1) is 19.0. The van der Waals surface area contributed by atoms with Crippen molar-refractivity contribution in [3.05, 3.63) is 65.0 Å². The van der Waals surface area contributed by atoms with Crippen molar-refractivity contribution in [3.8, 4) is 0 Å². The minimum Gasteiger partial charge on any atom is -0.378 e. The molecule has 3 aliphatic rings. The topological polar surface area (TPSA) is 88.6 Å². The number of pyridine rings is 1. The van der Waals surface area contributed by atoms with E-state index in [0.29, 0.717) is 51.1 Å². The molecular formula is C31H37F2N3O4. The summed E-state index contributed by atoms with van der Waals surface area (Å²) in [5, 5.41) is 3.03. The van der Waals surface area contributed by atoms with Gasteiger partial charge in [-0.3, -0.25) is 19.4 Å². The van der Waals surface area contributed by atoms with Crippen LogP contribution >= 0.6 is 0 Å². The first kappa shape index (κ1) is 28.3. The van der Waals surface area contributed by atoms with Crippen LogP contribution in [0.15, 0.2) is 42.6 Å². The fourth-order valence-electron chi connectivity index (χ4n) is 6.57. The maximum Gasteiger partial charge on any atom is 0.286 e. The molecule has 40 heavy (non-hydrogen) atoms. The summed E-state index contributed by atoms with van der Waals surface area (Å²) in [6.07, 6.45) is 3.03. The average Bonchev–Trinajstić information content (AvgIpc) is 3.36. The Hall–Kier alpha value is -3.20. The molecule has 2 fully saturated rings. The minimum absolute atomic E-state index is 0.0942. The number of aromatic nitrogens is 1. The maximum absolute atomic E-state index is 14.5. The van der Waals surface area contributed by atoms with E-state index in [0.717, 1.165) is 18.1 Å². The van der Waals surface area contributed by atoms with Crippen LogP contribution in [0.4, 0.5) is 8.78 Å². The Morgan fingerprint density at radius 3 is 2.30 bits per heavy atom. The molecule has 1 unspecified atom stereocenters. The van der Waals surface area contributed by atoms with E-state index in [-0.39, 0.29) is 29.4 Å². The summed E-state index contributed by atoms with van der Waals surface area (Å²) < 4.78 is 33.4. The van der Waals surface area contributed by atoms with Crippen molar-refractivity contribution in [3.63, 3.8) is 0 Å². The van der Waals surface area contributed by atoms with Crippen LogP contribution in [0.1, 0.15) is 55.5 Å². The molecule has 3 heterocycles. The Kier molecular flexibility index (Phi) is 8.04. The van der Waals surface area contributed by atoms with Crippen LogP contribution in [0.5, 0.6) is 0 Å². The SMILES string of the molecule is CC(C)C[C@@H]1C(=O)N[C@H](C2Cc3ccccc3C2)C(=O)C1[C@@H](C(=O)N1CCOCC1)c1ccc(C(C)(F)F)nc1. The molecule has 2 saturated heterocycles. The molecule has 0 radical (unpaired) electrons. The Balaban J connectivity index is 1.56. The molecule has 2 amide bonds. The molecule has 0 spiro atoms. The molecule has 2 aromatic rings. The number of hydrogen-bond acceptors (Lipinski definition) is 5. The molecule has 4 atom stereocenters. The number of ether oxygens (including phenoxy) is 1. The summed E-state index contributed by atoms with van der Waals surface area (Å²) in [4.78, 5) is 48.0. The number of piperidine rings is 1. The van der Waals surface area contributed by atoms with Crippen molar-refractivity contribution < 1.29 is 27.9 Å². The Morgan fingerprint density at radius 1 is 1.10 bits per heavy atom. The van der Waals surface area contributed by atoms with E-state index >= 15 is 0 Å². The summed E-state index contributed by atoms with van der Waals surface area (Å²) >= 11 is 0. The van der Waals surface area contributed by atoms with Gasteiger partial charge in [0.1, 0.15) is 5.69 Å². The second-order valence-electron chi connectivity index (χ2n) is 11.9. The second-order valence-corrected chi connectivity index (χ2v) is 11.9. The van der Waals surface area contributed by atoms with Gasteiger partial charge in [-0.15, -0.1) is 0 Å². The van der Waals surface area contributed by atoms with Crippen LogP contribution in [0.3, 0.4) is 0 Å². The molecule has 7 nitrogen and oxygen atoms in total. The van der Waals surface area contributed by atoms with E-state index < -0.39 is 35.4 Å². The van der Waals surface area contributed by atoms with Crippen molar-refractivity contribution in [2.24, 2.45) is 23.7 Å². The molecule has 0 bridgehead atoms. The van der Waals surface area contributed by atoms with Crippen LogP contribution in [0.2, 0.25) is 0 Å². The summed E-state index contributed by atoms with van der Waals surface area (Å²) in [5.41, 5.74) is 2.29. The van der Waals surface area contributed by atoms with Crippen molar-refractivity contribution >= 4 is 17.6 Å². The highest BCUT2D eigenvalue weighted by Gasteiger charge is 2.52. The van der Waals surface area contributed by atoms with Crippen molar-refractivity contribution in [2.75, 3.05) is 26.3 Å². The number of benzene rings is 1. The molecule has 9 heteroatoms. The van der Waals surface area contributed by atoms with Crippen LogP contribution in [0.25, 0.3) is 0 Å². The largest absolute Gasteiger partial charge is 0.378 e. The second kappa shape index (κ2) is 11.4. The number of fused-ring (bicyclic) bond motifs is 1. The monoisotopic (exact) mass is 553 g/mol. The molecule has 1 N–H and O–H groups in total. The van der Waals surface area contributed by atoms with Crippen molar-refractivity contribution in [1.29, 1.82) is 0 Å². The number of nitrogens with zero attached hydrogens (tertiary/aromatic N) is 2. The number of halogens is 2. The van der Waals surface area contributed by atoms with Crippen LogP contribution < -0.4 is 5.32 Å². The Bertz CT molecular complexity index is 1230. The van der Waals surface area contributed by atoms with Gasteiger partial charge in [-0.05, 0) is 53.9 Å². The number of hydrogen-bond donors (Lipinski definition) is 1. The molecule has 1 aliphatic carbocycles. The number of carbonyl (C=O) groups excluding carboxylic acids is 3. The minimum atomic E-state index is -3.15. The predicted octanol–water partition coefficient (Wildman–Crippen LogP) is 3.90. The molecule has 1 aromatic carbocycles. The number of morpholine rings is 1. The predicted molar refractivity (Wildman–Crippen MR) is 145 cm³/mol. The third kappa shape index (κ3) is 5.66. The lowest BCUT2D eigenvalue weighted by atomic mass is 9.66. The normalized spacial score (nSPS) is 24.6. The van der Waals surface area contributed by atoms with Gasteiger partial charge in [0.2, 0.25) is 11.8 Å². The zero-order valence-electron chi connectivity index (χ0n) is 23.2.